The first-order valence-electron chi connectivity index (χ1n) is 9.16. The van der Waals surface area contributed by atoms with Crippen molar-refractivity contribution in [2.45, 2.75) is 26.9 Å². The zero-order valence-electron chi connectivity index (χ0n) is 16.7. The maximum atomic E-state index is 12.9. The summed E-state index contributed by atoms with van der Waals surface area (Å²) in [5.41, 5.74) is -0.923. The Balaban J connectivity index is 2.70. The molecule has 1 rings (SSSR count). The summed E-state index contributed by atoms with van der Waals surface area (Å²) in [6.45, 7) is 7.71. The average molecular weight is 403 g/mol. The number of pyridine rings is 1. The molecule has 1 aromatic heterocycles. The maximum Gasteiger partial charge on any atom is 0.421 e. The fourth-order valence-electron chi connectivity index (χ4n) is 2.44. The van der Waals surface area contributed by atoms with Crippen molar-refractivity contribution in [3.05, 3.63) is 23.9 Å². The molecule has 0 saturated carbocycles. The number of ether oxygens (including phenoxy) is 1. The molecule has 10 heteroatoms. The minimum absolute atomic E-state index is 0.0299. The molecule has 0 saturated heterocycles. The number of carbonyl (C=O) groups is 1. The molecule has 28 heavy (non-hydrogen) atoms. The van der Waals surface area contributed by atoms with Crippen LogP contribution in [-0.4, -0.2) is 73.0 Å². The van der Waals surface area contributed by atoms with Crippen molar-refractivity contribution in [2.24, 2.45) is 4.99 Å². The van der Waals surface area contributed by atoms with Gasteiger partial charge in [-0.3, -0.25) is 4.79 Å². The average Bonchev–Trinajstić information content (AvgIpc) is 2.64. The Morgan fingerprint density at radius 2 is 1.96 bits per heavy atom. The fraction of sp³-hybridized carbons (Fsp3) is 0.611. The number of hydrogen-bond acceptors (Lipinski definition) is 4. The second-order valence-corrected chi connectivity index (χ2v) is 5.86. The minimum Gasteiger partial charge on any atom is -0.475 e. The van der Waals surface area contributed by atoms with Crippen molar-refractivity contribution in [3.8, 4) is 5.88 Å². The van der Waals surface area contributed by atoms with Gasteiger partial charge in [0.05, 0.1) is 13.1 Å². The molecule has 158 valence electrons. The number of hydrogen-bond donors (Lipinski definition) is 1. The third kappa shape index (κ3) is 7.24. The number of amides is 1. The number of nitrogens with zero attached hydrogens (tertiary/aromatic N) is 4. The molecule has 1 heterocycles. The van der Waals surface area contributed by atoms with Crippen LogP contribution in [-0.2, 0) is 11.0 Å². The molecule has 1 N–H and O–H groups in total. The van der Waals surface area contributed by atoms with E-state index < -0.39 is 17.6 Å². The van der Waals surface area contributed by atoms with Crippen LogP contribution in [0.4, 0.5) is 13.2 Å². The van der Waals surface area contributed by atoms with Crippen LogP contribution in [0.15, 0.2) is 23.3 Å². The predicted molar refractivity (Wildman–Crippen MR) is 101 cm³/mol. The molecule has 1 amide bonds. The smallest absolute Gasteiger partial charge is 0.421 e. The van der Waals surface area contributed by atoms with Gasteiger partial charge in [0.1, 0.15) is 12.2 Å². The van der Waals surface area contributed by atoms with Gasteiger partial charge in [-0.05, 0) is 32.9 Å². The molecular weight excluding hydrogens is 375 g/mol. The summed E-state index contributed by atoms with van der Waals surface area (Å²) in [5.74, 6) is -0.0263. The monoisotopic (exact) mass is 403 g/mol. The zero-order chi connectivity index (χ0) is 21.2. The van der Waals surface area contributed by atoms with Gasteiger partial charge in [-0.15, -0.1) is 0 Å². The molecule has 0 aliphatic carbocycles. The number of carbonyl (C=O) groups excluding carboxylic acids is 1. The number of aromatic nitrogens is 1. The first-order valence-corrected chi connectivity index (χ1v) is 9.16. The summed E-state index contributed by atoms with van der Waals surface area (Å²) < 4.78 is 44.0. The first kappa shape index (κ1) is 23.5. The topological polar surface area (TPSA) is 70.1 Å². The normalized spacial score (nSPS) is 11.9. The van der Waals surface area contributed by atoms with Crippen molar-refractivity contribution in [2.75, 3.05) is 46.4 Å². The van der Waals surface area contributed by atoms with E-state index in [4.69, 9.17) is 4.74 Å². The minimum atomic E-state index is -4.53. The van der Waals surface area contributed by atoms with Crippen LogP contribution in [0.5, 0.6) is 5.88 Å². The van der Waals surface area contributed by atoms with E-state index in [1.807, 2.05) is 20.8 Å². The second kappa shape index (κ2) is 11.4. The Morgan fingerprint density at radius 3 is 2.54 bits per heavy atom. The largest absolute Gasteiger partial charge is 0.475 e. The molecule has 7 nitrogen and oxygen atoms in total. The molecule has 0 bridgehead atoms. The van der Waals surface area contributed by atoms with Crippen molar-refractivity contribution in [1.82, 2.24) is 20.1 Å². The highest BCUT2D eigenvalue weighted by molar-refractivity contribution is 5.86. The van der Waals surface area contributed by atoms with Crippen molar-refractivity contribution in [3.63, 3.8) is 0 Å². The van der Waals surface area contributed by atoms with E-state index in [0.717, 1.165) is 6.07 Å². The number of halogens is 3. The zero-order valence-corrected chi connectivity index (χ0v) is 16.7. The van der Waals surface area contributed by atoms with Crippen LogP contribution in [0.1, 0.15) is 26.3 Å². The third-order valence-electron chi connectivity index (χ3n) is 3.85. The predicted octanol–water partition coefficient (Wildman–Crippen LogP) is 2.24. The maximum absolute atomic E-state index is 12.9. The Hall–Kier alpha value is -2.52. The third-order valence-corrected chi connectivity index (χ3v) is 3.85. The molecule has 0 aliphatic heterocycles. The van der Waals surface area contributed by atoms with Gasteiger partial charge in [0.25, 0.3) is 0 Å². The Kier molecular flexibility index (Phi) is 9.54. The van der Waals surface area contributed by atoms with Gasteiger partial charge in [0.2, 0.25) is 11.8 Å². The summed E-state index contributed by atoms with van der Waals surface area (Å²) in [4.78, 5) is 23.6. The summed E-state index contributed by atoms with van der Waals surface area (Å²) >= 11 is 0. The van der Waals surface area contributed by atoms with E-state index in [2.05, 4.69) is 15.3 Å². The van der Waals surface area contributed by atoms with Gasteiger partial charge < -0.3 is 19.9 Å². The van der Waals surface area contributed by atoms with Gasteiger partial charge in [0.15, 0.2) is 5.96 Å². The fourth-order valence-corrected chi connectivity index (χ4v) is 2.44. The van der Waals surface area contributed by atoms with Crippen LogP contribution in [0.25, 0.3) is 0 Å². The summed E-state index contributed by atoms with van der Waals surface area (Å²) in [6.07, 6.45) is -3.29. The lowest BCUT2D eigenvalue weighted by atomic mass is 10.2. The number of alkyl halides is 3. The Bertz CT molecular complexity index is 648. The molecule has 0 atom stereocenters. The van der Waals surface area contributed by atoms with E-state index in [1.165, 1.54) is 12.3 Å². The molecular formula is C18H28F3N5O2. The molecule has 0 fully saturated rings. The number of likely N-dealkylation sites (N-methyl/N-ethyl adjacent to an activating group) is 2. The van der Waals surface area contributed by atoms with Gasteiger partial charge in [-0.25, -0.2) is 9.98 Å². The van der Waals surface area contributed by atoms with Gasteiger partial charge in [-0.1, -0.05) is 0 Å². The van der Waals surface area contributed by atoms with E-state index in [1.54, 1.807) is 16.8 Å². The quantitative estimate of drug-likeness (QED) is 0.389. The van der Waals surface area contributed by atoms with Gasteiger partial charge in [-0.2, -0.15) is 13.2 Å². The van der Waals surface area contributed by atoms with E-state index in [0.29, 0.717) is 25.6 Å². The number of guanidine groups is 1. The van der Waals surface area contributed by atoms with Crippen LogP contribution < -0.4 is 10.1 Å². The molecule has 0 aliphatic rings. The molecule has 1 aromatic rings. The Morgan fingerprint density at radius 1 is 1.29 bits per heavy atom. The standard InChI is InChI=1S/C18H28F3N5O2/c1-5-22-17(25(4)13-15(27)26(6-2)7-3)24-11-12-28-16-14(18(19,20)21)9-8-10-23-16/h8-10H,5-7,11-13H2,1-4H3,(H,22,24). The lowest BCUT2D eigenvalue weighted by molar-refractivity contribution is -0.139. The van der Waals surface area contributed by atoms with E-state index >= 15 is 0 Å². The van der Waals surface area contributed by atoms with Crippen molar-refractivity contribution >= 4 is 11.9 Å². The molecule has 0 aromatic carbocycles. The van der Waals surface area contributed by atoms with E-state index in [-0.39, 0.29) is 25.6 Å². The highest BCUT2D eigenvalue weighted by Crippen LogP contribution is 2.34. The summed E-state index contributed by atoms with van der Waals surface area (Å²) in [6, 6.07) is 2.13. The summed E-state index contributed by atoms with van der Waals surface area (Å²) in [5, 5.41) is 3.05. The van der Waals surface area contributed by atoms with Crippen LogP contribution >= 0.6 is 0 Å². The van der Waals surface area contributed by atoms with Crippen molar-refractivity contribution < 1.29 is 22.7 Å². The highest BCUT2D eigenvalue weighted by Gasteiger charge is 2.35. The van der Waals surface area contributed by atoms with E-state index in [9.17, 15) is 18.0 Å². The van der Waals surface area contributed by atoms with Crippen LogP contribution in [0.2, 0.25) is 0 Å². The molecule has 0 unspecified atom stereocenters. The number of aliphatic imine (C=N–C) groups is 1. The first-order chi connectivity index (χ1) is 13.2. The Labute approximate surface area is 163 Å². The number of nitrogens with one attached hydrogen (secondary N) is 1. The summed E-state index contributed by atoms with van der Waals surface area (Å²) in [7, 11) is 1.73. The SMILES string of the molecule is CCNC(=NCCOc1ncccc1C(F)(F)F)N(C)CC(=O)N(CC)CC. The van der Waals surface area contributed by atoms with Gasteiger partial charge in [0, 0.05) is 32.9 Å². The molecule has 0 radical (unpaired) electrons. The van der Waals surface area contributed by atoms with Crippen LogP contribution in [0.3, 0.4) is 0 Å². The van der Waals surface area contributed by atoms with Gasteiger partial charge >= 0.3 is 6.18 Å². The lowest BCUT2D eigenvalue weighted by Gasteiger charge is -2.25. The second-order valence-electron chi connectivity index (χ2n) is 5.86. The van der Waals surface area contributed by atoms with Crippen LogP contribution in [0, 0.1) is 0 Å². The number of rotatable bonds is 9. The van der Waals surface area contributed by atoms with Crippen molar-refractivity contribution in [1.29, 1.82) is 0 Å². The highest BCUT2D eigenvalue weighted by atomic mass is 19.4. The lowest BCUT2D eigenvalue weighted by Crippen LogP contribution is -2.45. The molecule has 0 spiro atoms.